The van der Waals surface area contributed by atoms with Gasteiger partial charge < -0.3 is 5.32 Å². The number of anilines is 2. The molecule has 8 nitrogen and oxygen atoms in total. The average Bonchev–Trinajstić information content (AvgIpc) is 2.37. The van der Waals surface area contributed by atoms with Gasteiger partial charge in [-0.3, -0.25) is 5.43 Å². The molecule has 0 atom stereocenters. The van der Waals surface area contributed by atoms with Crippen LogP contribution in [0.15, 0.2) is 24.3 Å². The maximum absolute atomic E-state index is 10.9. The molecule has 1 heterocycles. The minimum atomic E-state index is -3.51. The summed E-state index contributed by atoms with van der Waals surface area (Å²) in [5, 5.41) is 8.62. The molecule has 2 aromatic rings. The van der Waals surface area contributed by atoms with E-state index in [-0.39, 0.29) is 18.2 Å². The van der Waals surface area contributed by atoms with Gasteiger partial charge in [-0.15, -0.1) is 0 Å². The molecule has 0 aliphatic heterocycles. The number of nitrogens with two attached hydrogens (primary N) is 2. The highest BCUT2D eigenvalue weighted by Crippen LogP contribution is 2.21. The lowest BCUT2D eigenvalue weighted by atomic mass is 10.2. The van der Waals surface area contributed by atoms with Gasteiger partial charge >= 0.3 is 0 Å². The fourth-order valence-corrected chi connectivity index (χ4v) is 1.97. The summed E-state index contributed by atoms with van der Waals surface area (Å²) in [4.78, 5) is 8.33. The maximum Gasteiger partial charge on any atom is 0.239 e. The number of hydrogen-bond acceptors (Lipinski definition) is 7. The number of sulfonamides is 1. The summed E-state index contributed by atoms with van der Waals surface area (Å²) in [5.74, 6) is 5.85. The van der Waals surface area contributed by atoms with Crippen LogP contribution in [0.5, 0.6) is 0 Å². The lowest BCUT2D eigenvalue weighted by Crippen LogP contribution is -2.23. The molecule has 19 heavy (non-hydrogen) atoms. The van der Waals surface area contributed by atoms with E-state index >= 15 is 0 Å². The first-order valence-electron chi connectivity index (χ1n) is 5.47. The van der Waals surface area contributed by atoms with Crippen molar-refractivity contribution in [1.29, 1.82) is 0 Å². The Balaban J connectivity index is 2.30. The molecule has 0 saturated carbocycles. The number of nitrogens with one attached hydrogen (secondary N) is 2. The second kappa shape index (κ2) is 5.34. The topological polar surface area (TPSA) is 136 Å². The molecule has 0 bridgehead atoms. The molecule has 1 aromatic carbocycles. The van der Waals surface area contributed by atoms with Gasteiger partial charge in [0.2, 0.25) is 16.0 Å². The van der Waals surface area contributed by atoms with E-state index in [1.165, 1.54) is 0 Å². The van der Waals surface area contributed by atoms with Crippen LogP contribution < -0.4 is 21.7 Å². The van der Waals surface area contributed by atoms with E-state index in [1.54, 1.807) is 0 Å². The zero-order valence-electron chi connectivity index (χ0n) is 10.00. The second-order valence-electron chi connectivity index (χ2n) is 3.85. The number of primary sulfonamides is 1. The smallest absolute Gasteiger partial charge is 0.239 e. The number of fused-ring (bicyclic) bond motifs is 1. The average molecular weight is 282 g/mol. The molecule has 1 aromatic heterocycles. The van der Waals surface area contributed by atoms with Crippen molar-refractivity contribution >= 4 is 32.7 Å². The number of hydrazine groups is 1. The predicted octanol–water partition coefficient (Wildman–Crippen LogP) is -0.384. The third kappa shape index (κ3) is 3.50. The van der Waals surface area contributed by atoms with Gasteiger partial charge in [-0.05, 0) is 12.1 Å². The van der Waals surface area contributed by atoms with Gasteiger partial charge in [-0.1, -0.05) is 12.1 Å². The molecular weight excluding hydrogens is 268 g/mol. The van der Waals surface area contributed by atoms with Crippen molar-refractivity contribution in [2.45, 2.75) is 0 Å². The first-order chi connectivity index (χ1) is 8.99. The summed E-state index contributed by atoms with van der Waals surface area (Å²) in [5.41, 5.74) is 3.06. The molecule has 102 valence electrons. The van der Waals surface area contributed by atoms with Crippen LogP contribution in [0.1, 0.15) is 0 Å². The van der Waals surface area contributed by atoms with Crippen molar-refractivity contribution in [3.63, 3.8) is 0 Å². The minimum Gasteiger partial charge on any atom is -0.368 e. The number of rotatable bonds is 5. The van der Waals surface area contributed by atoms with Crippen LogP contribution >= 0.6 is 0 Å². The lowest BCUT2D eigenvalue weighted by molar-refractivity contribution is 0.598. The number of nitrogens with zero attached hydrogens (tertiary/aromatic N) is 2. The molecule has 0 radical (unpaired) electrons. The first-order valence-corrected chi connectivity index (χ1v) is 7.19. The Morgan fingerprint density at radius 3 is 2.63 bits per heavy atom. The van der Waals surface area contributed by atoms with Gasteiger partial charge in [0.15, 0.2) is 0 Å². The molecule has 9 heteroatoms. The molecule has 0 aliphatic rings. The van der Waals surface area contributed by atoms with Crippen molar-refractivity contribution in [1.82, 2.24) is 9.97 Å². The van der Waals surface area contributed by atoms with E-state index < -0.39 is 10.0 Å². The van der Waals surface area contributed by atoms with Gasteiger partial charge in [-0.25, -0.2) is 24.4 Å². The zero-order valence-corrected chi connectivity index (χ0v) is 10.8. The SMILES string of the molecule is NNc1nc(NCCS(N)(=O)=O)c2ccccc2n1. The molecule has 0 amide bonds. The third-order valence-electron chi connectivity index (χ3n) is 2.41. The molecule has 0 spiro atoms. The second-order valence-corrected chi connectivity index (χ2v) is 5.59. The third-order valence-corrected chi connectivity index (χ3v) is 3.18. The predicted molar refractivity (Wildman–Crippen MR) is 73.8 cm³/mol. The Labute approximate surface area is 110 Å². The lowest BCUT2D eigenvalue weighted by Gasteiger charge is -2.09. The van der Waals surface area contributed by atoms with Crippen molar-refractivity contribution in [3.8, 4) is 0 Å². The highest BCUT2D eigenvalue weighted by Gasteiger charge is 2.08. The summed E-state index contributed by atoms with van der Waals surface area (Å²) >= 11 is 0. The van der Waals surface area contributed by atoms with Crippen LogP contribution in [-0.2, 0) is 10.0 Å². The summed E-state index contributed by atoms with van der Waals surface area (Å²) in [6.45, 7) is 0.157. The molecule has 0 unspecified atom stereocenters. The highest BCUT2D eigenvalue weighted by atomic mass is 32.2. The number of aromatic nitrogens is 2. The van der Waals surface area contributed by atoms with Gasteiger partial charge in [0.05, 0.1) is 11.3 Å². The Bertz CT molecular complexity index is 687. The fraction of sp³-hybridized carbons (Fsp3) is 0.200. The maximum atomic E-state index is 10.9. The van der Waals surface area contributed by atoms with Crippen LogP contribution in [0.25, 0.3) is 10.9 Å². The monoisotopic (exact) mass is 282 g/mol. The van der Waals surface area contributed by atoms with Gasteiger partial charge in [0.1, 0.15) is 5.82 Å². The van der Waals surface area contributed by atoms with E-state index in [4.69, 9.17) is 11.0 Å². The Morgan fingerprint density at radius 2 is 1.95 bits per heavy atom. The van der Waals surface area contributed by atoms with Crippen LogP contribution in [0.3, 0.4) is 0 Å². The van der Waals surface area contributed by atoms with E-state index in [0.717, 1.165) is 5.39 Å². The molecule has 6 N–H and O–H groups in total. The number of nitrogen functional groups attached to an aromatic ring is 1. The van der Waals surface area contributed by atoms with Gasteiger partial charge in [-0.2, -0.15) is 4.98 Å². The van der Waals surface area contributed by atoms with E-state index in [9.17, 15) is 8.42 Å². The van der Waals surface area contributed by atoms with Crippen LogP contribution in [0.4, 0.5) is 11.8 Å². The van der Waals surface area contributed by atoms with Crippen LogP contribution in [0, 0.1) is 0 Å². The molecule has 2 rings (SSSR count). The number of hydrogen-bond donors (Lipinski definition) is 4. The molecule has 0 aliphatic carbocycles. The fourth-order valence-electron chi connectivity index (χ4n) is 1.59. The standard InChI is InChI=1S/C10H14N6O2S/c11-16-10-14-8-4-2-1-3-7(8)9(15-10)13-5-6-19(12,17)18/h1-4H,5-6,11H2,(H2,12,17,18)(H2,13,14,15,16). The van der Waals surface area contributed by atoms with Gasteiger partial charge in [0.25, 0.3) is 0 Å². The minimum absolute atomic E-state index is 0.157. The van der Waals surface area contributed by atoms with Crippen molar-refractivity contribution in [2.24, 2.45) is 11.0 Å². The number of para-hydroxylation sites is 1. The molecule has 0 fully saturated rings. The summed E-state index contributed by atoms with van der Waals surface area (Å²) in [6, 6.07) is 7.31. The molecular formula is C10H14N6O2S. The Morgan fingerprint density at radius 1 is 1.21 bits per heavy atom. The van der Waals surface area contributed by atoms with E-state index in [0.29, 0.717) is 11.3 Å². The normalized spacial score (nSPS) is 11.5. The summed E-state index contributed by atoms with van der Waals surface area (Å²) in [6.07, 6.45) is 0. The van der Waals surface area contributed by atoms with Crippen LogP contribution in [0.2, 0.25) is 0 Å². The zero-order chi connectivity index (χ0) is 13.9. The van der Waals surface area contributed by atoms with Crippen molar-refractivity contribution < 1.29 is 8.42 Å². The quantitative estimate of drug-likeness (QED) is 0.433. The van der Waals surface area contributed by atoms with Crippen molar-refractivity contribution in [3.05, 3.63) is 24.3 Å². The van der Waals surface area contributed by atoms with Crippen molar-refractivity contribution in [2.75, 3.05) is 23.0 Å². The highest BCUT2D eigenvalue weighted by molar-refractivity contribution is 7.89. The van der Waals surface area contributed by atoms with E-state index in [1.807, 2.05) is 24.3 Å². The largest absolute Gasteiger partial charge is 0.368 e. The summed E-state index contributed by atoms with van der Waals surface area (Å²) < 4.78 is 21.8. The Hall–Kier alpha value is -1.97. The first kappa shape index (κ1) is 13.5. The summed E-state index contributed by atoms with van der Waals surface area (Å²) in [7, 11) is -3.51. The Kier molecular flexibility index (Phi) is 3.79. The van der Waals surface area contributed by atoms with Gasteiger partial charge in [0, 0.05) is 11.9 Å². The van der Waals surface area contributed by atoms with E-state index in [2.05, 4.69) is 20.7 Å². The van der Waals surface area contributed by atoms with Crippen LogP contribution in [-0.4, -0.2) is 30.7 Å². The number of benzene rings is 1. The molecule has 0 saturated heterocycles.